The zero-order valence-corrected chi connectivity index (χ0v) is 81.1. The molecule has 8 aromatic heterocycles. The van der Waals surface area contributed by atoms with Gasteiger partial charge in [-0.3, -0.25) is 9.97 Å². The summed E-state index contributed by atoms with van der Waals surface area (Å²) in [5, 5.41) is 0. The van der Waals surface area contributed by atoms with Gasteiger partial charge in [-0.2, -0.15) is 30.3 Å². The minimum absolute atomic E-state index is 0. The maximum atomic E-state index is 4.65. The molecule has 1 aliphatic rings. The molecule has 0 spiro atoms. The molecule has 9 heterocycles. The molecule has 129 heavy (non-hydrogen) atoms. The summed E-state index contributed by atoms with van der Waals surface area (Å²) in [6, 6.07) is 157. The van der Waals surface area contributed by atoms with E-state index in [1.165, 1.54) is 38.9 Å². The third-order valence-corrected chi connectivity index (χ3v) is 19.2. The number of anilines is 2. The van der Waals surface area contributed by atoms with Crippen LogP contribution in [0.15, 0.2) is 462 Å². The van der Waals surface area contributed by atoms with Crippen LogP contribution in [0.5, 0.6) is 0 Å². The second-order valence-corrected chi connectivity index (χ2v) is 28.7. The molecule has 0 fully saturated rings. The van der Waals surface area contributed by atoms with Gasteiger partial charge in [-0.15, -0.1) is 227 Å². The van der Waals surface area contributed by atoms with E-state index in [1.54, 1.807) is 31.0 Å². The molecule has 0 amide bonds. The molecule has 0 atom stereocenters. The molecular formula is C115H92Ir4N10-8. The minimum atomic E-state index is 0. The van der Waals surface area contributed by atoms with Crippen LogP contribution in [0.3, 0.4) is 0 Å². The summed E-state index contributed by atoms with van der Waals surface area (Å²) in [5.74, 6) is 0.641. The number of para-hydroxylation sites is 2. The molecule has 646 valence electrons. The molecule has 0 N–H and O–H groups in total. The van der Waals surface area contributed by atoms with Crippen molar-refractivity contribution in [3.63, 3.8) is 0 Å². The molecule has 1 aliphatic heterocycles. The third-order valence-electron chi connectivity index (χ3n) is 19.2. The molecule has 4 radical (unpaired) electrons. The number of rotatable bonds is 14. The van der Waals surface area contributed by atoms with Gasteiger partial charge < -0.3 is 39.7 Å². The number of hydrogen-bond donors (Lipinski definition) is 0. The Labute approximate surface area is 814 Å². The summed E-state index contributed by atoms with van der Waals surface area (Å²) in [5.41, 5.74) is 26.9. The first kappa shape index (κ1) is 99.3. The van der Waals surface area contributed by atoms with E-state index in [9.17, 15) is 0 Å². The van der Waals surface area contributed by atoms with E-state index >= 15 is 0 Å². The van der Waals surface area contributed by atoms with Gasteiger partial charge in [0, 0.05) is 141 Å². The molecule has 11 aromatic carbocycles. The predicted molar refractivity (Wildman–Crippen MR) is 513 cm³/mol. The maximum absolute atomic E-state index is 4.65. The van der Waals surface area contributed by atoms with E-state index in [4.69, 9.17) is 0 Å². The molecule has 14 heteroatoms. The van der Waals surface area contributed by atoms with Crippen molar-refractivity contribution in [2.75, 3.05) is 9.80 Å². The molecule has 0 saturated heterocycles. The van der Waals surface area contributed by atoms with Gasteiger partial charge in [-0.1, -0.05) is 196 Å². The van der Waals surface area contributed by atoms with Gasteiger partial charge in [0.05, 0.1) is 11.4 Å². The first-order valence-electron chi connectivity index (χ1n) is 41.3. The Balaban J connectivity index is 0.000000167. The normalized spacial score (nSPS) is 10.4. The number of benzene rings is 11. The second kappa shape index (κ2) is 55.2. The van der Waals surface area contributed by atoms with Crippen LogP contribution in [0.25, 0.3) is 112 Å². The van der Waals surface area contributed by atoms with Crippen molar-refractivity contribution in [2.45, 2.75) is 34.1 Å². The molecule has 20 rings (SSSR count). The van der Waals surface area contributed by atoms with Crippen molar-refractivity contribution in [3.8, 4) is 112 Å². The van der Waals surface area contributed by atoms with Gasteiger partial charge in [0.25, 0.3) is 0 Å². The zero-order valence-electron chi connectivity index (χ0n) is 71.5. The zero-order chi connectivity index (χ0) is 85.9. The first-order chi connectivity index (χ1) is 61.7. The van der Waals surface area contributed by atoms with Crippen molar-refractivity contribution in [1.82, 2.24) is 39.9 Å². The molecular weight excluding hydrogens is 2290 g/mol. The Bertz CT molecular complexity index is 5900. The van der Waals surface area contributed by atoms with E-state index in [1.807, 2.05) is 346 Å². The summed E-state index contributed by atoms with van der Waals surface area (Å²) in [7, 11) is 0. The van der Waals surface area contributed by atoms with Crippen LogP contribution in [0.1, 0.15) is 30.7 Å². The van der Waals surface area contributed by atoms with Gasteiger partial charge in [-0.25, -0.2) is 0 Å². The summed E-state index contributed by atoms with van der Waals surface area (Å²) in [4.78, 5) is 39.0. The fraction of sp³-hybridized carbons (Fsp3) is 0.0522. The first-order valence-corrected chi connectivity index (χ1v) is 41.3. The summed E-state index contributed by atoms with van der Waals surface area (Å²) >= 11 is 0. The van der Waals surface area contributed by atoms with Crippen molar-refractivity contribution in [1.29, 1.82) is 0 Å². The molecule has 0 saturated carbocycles. The monoisotopic (exact) mass is 2380 g/mol. The number of aromatic nitrogens is 8. The Morgan fingerprint density at radius 1 is 0.264 bits per heavy atom. The van der Waals surface area contributed by atoms with Crippen LogP contribution in [0.4, 0.5) is 11.4 Å². The average molecular weight is 2380 g/mol. The van der Waals surface area contributed by atoms with Gasteiger partial charge in [-0.05, 0) is 167 Å². The van der Waals surface area contributed by atoms with E-state index in [-0.39, 0.29) is 80.4 Å². The van der Waals surface area contributed by atoms with Crippen molar-refractivity contribution >= 4 is 11.4 Å². The molecule has 0 unspecified atom stereocenters. The van der Waals surface area contributed by atoms with Crippen molar-refractivity contribution < 1.29 is 80.4 Å². The van der Waals surface area contributed by atoms with Crippen LogP contribution in [-0.2, 0) is 86.8 Å². The third kappa shape index (κ3) is 31.8. The summed E-state index contributed by atoms with van der Waals surface area (Å²) < 4.78 is 0. The molecule has 10 nitrogen and oxygen atoms in total. The number of nitrogens with zero attached hydrogens (tertiary/aromatic N) is 10. The summed E-state index contributed by atoms with van der Waals surface area (Å²) in [6.45, 7) is 10.7. The fourth-order valence-corrected chi connectivity index (χ4v) is 13.0. The topological polar surface area (TPSA) is 110 Å². The van der Waals surface area contributed by atoms with Gasteiger partial charge >= 0.3 is 0 Å². The Morgan fingerprint density at radius 3 is 1.10 bits per heavy atom. The fourth-order valence-electron chi connectivity index (χ4n) is 13.0. The van der Waals surface area contributed by atoms with E-state index in [0.29, 0.717) is 5.92 Å². The summed E-state index contributed by atoms with van der Waals surface area (Å²) in [6.07, 6.45) is 17.9. The van der Waals surface area contributed by atoms with Crippen LogP contribution in [0.2, 0.25) is 0 Å². The number of hydrogen-bond acceptors (Lipinski definition) is 10. The van der Waals surface area contributed by atoms with E-state index in [0.717, 1.165) is 108 Å². The number of aryl methyl sites for hydroxylation is 2. The Kier molecular flexibility index (Phi) is 42.5. The predicted octanol–water partition coefficient (Wildman–Crippen LogP) is 27.6. The maximum Gasteiger partial charge on any atom is 0.0886 e. The van der Waals surface area contributed by atoms with Crippen LogP contribution < -0.4 is 9.80 Å². The second-order valence-electron chi connectivity index (χ2n) is 28.7. The van der Waals surface area contributed by atoms with Crippen LogP contribution in [0, 0.1) is 68.9 Å². The quantitative estimate of drug-likeness (QED) is 0.0976. The smallest absolute Gasteiger partial charge is 0.0886 e. The van der Waals surface area contributed by atoms with Crippen molar-refractivity contribution in [2.24, 2.45) is 5.92 Å². The van der Waals surface area contributed by atoms with Gasteiger partial charge in [0.15, 0.2) is 0 Å². The van der Waals surface area contributed by atoms with Gasteiger partial charge in [0.2, 0.25) is 0 Å². The van der Waals surface area contributed by atoms with E-state index in [2.05, 4.69) is 212 Å². The Morgan fingerprint density at radius 2 is 0.659 bits per heavy atom. The standard InChI is InChI=1S/2C18H14N.C17H12N.C15H12N2.C15H16N.2C11H8N.C10H8N2.4Ir/c1-14-12-18(16-10-6-3-7-11-16)19-13-17(14)15-8-4-2-5-9-15;1-14-7-5-6-10-17(14)16-11-12-18(19-13-16)15-8-3-2-4-9-15;1-2-7-14(8-3-1)15-9-6-10-16(13-15)17-11-4-5-12-18-17;1-3-7-14(8-4-1)16-11-12-17(13-16)15-9-5-2-6-10-15;1-12(2)11-14-9-6-10-15(16-14)13-7-4-3-5-8-13;2*1-2-6-10(7-3-1)11-8-4-5-9-12-11;1-3-7-11-9(5-1)10-6-2-4-8-12-10;;;;/h2-10,12-13H,1H3;2-8,10-13H,1H3;1-9,11-13H;1-9,11-13H;3-7,9-10,12H,11H2,1-2H3;2*1-6,8-9H;1-8H;;;;/q3*-1;-2;3*-1;;;;;. The molecule has 0 aliphatic carbocycles. The molecule has 19 aromatic rings. The largest absolute Gasteiger partial charge is 0.500 e. The van der Waals surface area contributed by atoms with Crippen LogP contribution >= 0.6 is 0 Å². The Hall–Kier alpha value is -13.4. The van der Waals surface area contributed by atoms with E-state index < -0.39 is 0 Å². The average Bonchev–Trinajstić information content (AvgIpc) is 1.84. The van der Waals surface area contributed by atoms with Crippen LogP contribution in [-0.4, -0.2) is 39.9 Å². The number of pyridine rings is 8. The van der Waals surface area contributed by atoms with Crippen molar-refractivity contribution in [3.05, 3.63) is 528 Å². The SMILES string of the molecule is CC(C)Cc1cccc(-c2[c-]cccc2)n1.Cc1cc(-c2[c-]cccc2)ncc1-c1ccccc1.Cc1ccccc1-c1ccc(-c2[c-]cccc2)nc1.[Ir].[Ir].[Ir].[Ir].[c-]1ccc(-c2ccccc2)cc1-c1ccccn1.[c-]1ccccc1-c1ccccn1.[c-]1ccccc1-c1ccccn1.[c-]1ccccc1N1C=CN(c2ccccc2)[CH-]1.c1ccc(-c2ccccn2)nc1. The minimum Gasteiger partial charge on any atom is -0.500 e. The molecule has 0 bridgehead atoms. The van der Waals surface area contributed by atoms with Gasteiger partial charge in [0.1, 0.15) is 0 Å².